The molecule has 0 unspecified atom stereocenters. The van der Waals surface area contributed by atoms with E-state index < -0.39 is 0 Å². The van der Waals surface area contributed by atoms with Crippen LogP contribution in [0.5, 0.6) is 0 Å². The quantitative estimate of drug-likeness (QED) is 0.738. The van der Waals surface area contributed by atoms with Gasteiger partial charge >= 0.3 is 0 Å². The number of aromatic nitrogens is 2. The Morgan fingerprint density at radius 2 is 2.46 bits per heavy atom. The molecule has 0 atom stereocenters. The largest absolute Gasteiger partial charge is 0.370 e. The third-order valence-electron chi connectivity index (χ3n) is 1.33. The third-order valence-corrected chi connectivity index (χ3v) is 1.61. The number of halogens is 1. The van der Waals surface area contributed by atoms with E-state index >= 15 is 0 Å². The number of nitrogens with two attached hydrogens (primary N) is 1. The summed E-state index contributed by atoms with van der Waals surface area (Å²) >= 11 is 5.74. The highest BCUT2D eigenvalue weighted by atomic mass is 35.5. The molecule has 1 heterocycles. The zero-order chi connectivity index (χ0) is 9.68. The van der Waals surface area contributed by atoms with Gasteiger partial charge in [0.2, 0.25) is 5.91 Å². The van der Waals surface area contributed by atoms with E-state index in [4.69, 9.17) is 17.3 Å². The van der Waals surface area contributed by atoms with Gasteiger partial charge in [-0.3, -0.25) is 4.79 Å². The van der Waals surface area contributed by atoms with Crippen molar-refractivity contribution in [3.63, 3.8) is 0 Å². The summed E-state index contributed by atoms with van der Waals surface area (Å²) in [4.78, 5) is 18.0. The Morgan fingerprint density at radius 1 is 1.69 bits per heavy atom. The summed E-state index contributed by atoms with van der Waals surface area (Å²) in [7, 11) is 0. The second-order valence-corrected chi connectivity index (χ2v) is 2.77. The molecular formula is C7H9ClN4O. The van der Waals surface area contributed by atoms with Gasteiger partial charge in [-0.15, -0.1) is 0 Å². The van der Waals surface area contributed by atoms with Crippen LogP contribution in [0, 0.1) is 0 Å². The topological polar surface area (TPSA) is 80.9 Å². The minimum atomic E-state index is -0.363. The lowest BCUT2D eigenvalue weighted by Crippen LogP contribution is -2.16. The SMILES string of the molecule is NC(=O)CCNc1ncncc1Cl. The van der Waals surface area contributed by atoms with Crippen molar-refractivity contribution in [1.82, 2.24) is 9.97 Å². The summed E-state index contributed by atoms with van der Waals surface area (Å²) in [5.74, 6) is 0.149. The number of rotatable bonds is 4. The molecule has 0 aliphatic rings. The van der Waals surface area contributed by atoms with Gasteiger partial charge in [0.15, 0.2) is 0 Å². The predicted octanol–water partition coefficient (Wildman–Crippen LogP) is 0.417. The third kappa shape index (κ3) is 3.25. The molecular weight excluding hydrogens is 192 g/mol. The number of hydrogen-bond acceptors (Lipinski definition) is 4. The monoisotopic (exact) mass is 200 g/mol. The lowest BCUT2D eigenvalue weighted by atomic mass is 10.4. The Hall–Kier alpha value is -1.36. The molecule has 0 aromatic carbocycles. The predicted molar refractivity (Wildman–Crippen MR) is 49.3 cm³/mol. The van der Waals surface area contributed by atoms with Crippen LogP contribution in [-0.2, 0) is 4.79 Å². The molecule has 0 fully saturated rings. The normalized spacial score (nSPS) is 9.62. The average molecular weight is 201 g/mol. The van der Waals surface area contributed by atoms with Crippen LogP contribution in [0.25, 0.3) is 0 Å². The number of nitrogens with zero attached hydrogens (tertiary/aromatic N) is 2. The van der Waals surface area contributed by atoms with E-state index in [2.05, 4.69) is 15.3 Å². The summed E-state index contributed by atoms with van der Waals surface area (Å²) < 4.78 is 0. The van der Waals surface area contributed by atoms with Gasteiger partial charge in [0, 0.05) is 13.0 Å². The molecule has 1 aromatic rings. The molecule has 0 radical (unpaired) electrons. The smallest absolute Gasteiger partial charge is 0.219 e. The molecule has 0 spiro atoms. The zero-order valence-corrected chi connectivity index (χ0v) is 7.58. The standard InChI is InChI=1S/C7H9ClN4O/c8-5-3-10-4-12-7(5)11-2-1-6(9)13/h3-4H,1-2H2,(H2,9,13)(H,10,11,12). The van der Waals surface area contributed by atoms with Crippen LogP contribution in [0.3, 0.4) is 0 Å². The minimum absolute atomic E-state index is 0.250. The maximum Gasteiger partial charge on any atom is 0.219 e. The van der Waals surface area contributed by atoms with Gasteiger partial charge < -0.3 is 11.1 Å². The Kier molecular flexibility index (Phi) is 3.45. The Balaban J connectivity index is 2.45. The number of nitrogens with one attached hydrogen (secondary N) is 1. The van der Waals surface area contributed by atoms with Crippen molar-refractivity contribution >= 4 is 23.3 Å². The van der Waals surface area contributed by atoms with Crippen molar-refractivity contribution in [3.8, 4) is 0 Å². The van der Waals surface area contributed by atoms with Gasteiger partial charge in [0.1, 0.15) is 17.2 Å². The average Bonchev–Trinajstić information content (AvgIpc) is 2.08. The molecule has 3 N–H and O–H groups in total. The Morgan fingerprint density at radius 3 is 3.08 bits per heavy atom. The fraction of sp³-hybridized carbons (Fsp3) is 0.286. The van der Waals surface area contributed by atoms with Crippen molar-refractivity contribution < 1.29 is 4.79 Å². The fourth-order valence-electron chi connectivity index (χ4n) is 0.747. The molecule has 0 saturated heterocycles. The highest BCUT2D eigenvalue weighted by Crippen LogP contribution is 2.15. The van der Waals surface area contributed by atoms with E-state index in [1.165, 1.54) is 12.5 Å². The van der Waals surface area contributed by atoms with Gasteiger partial charge in [-0.05, 0) is 0 Å². The Bertz CT molecular complexity index is 304. The summed E-state index contributed by atoms with van der Waals surface area (Å²) in [5, 5.41) is 3.28. The molecule has 0 saturated carbocycles. The highest BCUT2D eigenvalue weighted by molar-refractivity contribution is 6.32. The first-order chi connectivity index (χ1) is 6.20. The van der Waals surface area contributed by atoms with Crippen LogP contribution in [0.1, 0.15) is 6.42 Å². The molecule has 1 rings (SSSR count). The molecule has 1 aromatic heterocycles. The van der Waals surface area contributed by atoms with E-state index in [1.54, 1.807) is 0 Å². The first-order valence-electron chi connectivity index (χ1n) is 3.68. The lowest BCUT2D eigenvalue weighted by Gasteiger charge is -2.03. The van der Waals surface area contributed by atoms with E-state index in [9.17, 15) is 4.79 Å². The summed E-state index contributed by atoms with van der Waals surface area (Å²) in [5.41, 5.74) is 4.95. The molecule has 0 aliphatic heterocycles. The van der Waals surface area contributed by atoms with E-state index in [-0.39, 0.29) is 12.3 Å². The zero-order valence-electron chi connectivity index (χ0n) is 6.83. The molecule has 13 heavy (non-hydrogen) atoms. The van der Waals surface area contributed by atoms with Crippen molar-refractivity contribution in [1.29, 1.82) is 0 Å². The van der Waals surface area contributed by atoms with Crippen molar-refractivity contribution in [3.05, 3.63) is 17.5 Å². The van der Waals surface area contributed by atoms with Gasteiger partial charge in [-0.25, -0.2) is 9.97 Å². The van der Waals surface area contributed by atoms with Gasteiger partial charge in [-0.2, -0.15) is 0 Å². The van der Waals surface area contributed by atoms with Crippen molar-refractivity contribution in [2.24, 2.45) is 5.73 Å². The maximum atomic E-state index is 10.4. The summed E-state index contributed by atoms with van der Waals surface area (Å²) in [6, 6.07) is 0. The van der Waals surface area contributed by atoms with E-state index in [0.717, 1.165) is 0 Å². The summed E-state index contributed by atoms with van der Waals surface area (Å²) in [6.07, 6.45) is 3.10. The van der Waals surface area contributed by atoms with E-state index in [0.29, 0.717) is 17.4 Å². The molecule has 6 heteroatoms. The second-order valence-electron chi connectivity index (χ2n) is 2.36. The van der Waals surface area contributed by atoms with Crippen molar-refractivity contribution in [2.45, 2.75) is 6.42 Å². The fourth-order valence-corrected chi connectivity index (χ4v) is 0.919. The minimum Gasteiger partial charge on any atom is -0.370 e. The lowest BCUT2D eigenvalue weighted by molar-refractivity contribution is -0.117. The van der Waals surface area contributed by atoms with Crippen LogP contribution < -0.4 is 11.1 Å². The number of carbonyl (C=O) groups is 1. The first kappa shape index (κ1) is 9.73. The maximum absolute atomic E-state index is 10.4. The van der Waals surface area contributed by atoms with Gasteiger partial charge in [0.25, 0.3) is 0 Å². The van der Waals surface area contributed by atoms with Crippen LogP contribution in [0.4, 0.5) is 5.82 Å². The van der Waals surface area contributed by atoms with Crippen LogP contribution >= 0.6 is 11.6 Å². The molecule has 1 amide bonds. The number of primary amides is 1. The number of carbonyl (C=O) groups excluding carboxylic acids is 1. The van der Waals surface area contributed by atoms with Crippen LogP contribution in [0.2, 0.25) is 5.02 Å². The number of anilines is 1. The summed E-state index contributed by atoms with van der Waals surface area (Å²) in [6.45, 7) is 0.423. The molecule has 5 nitrogen and oxygen atoms in total. The van der Waals surface area contributed by atoms with Crippen LogP contribution in [0.15, 0.2) is 12.5 Å². The second kappa shape index (κ2) is 4.61. The number of amides is 1. The van der Waals surface area contributed by atoms with Gasteiger partial charge in [-0.1, -0.05) is 11.6 Å². The Labute approximate surface area is 80.3 Å². The number of hydrogen-bond donors (Lipinski definition) is 2. The highest BCUT2D eigenvalue weighted by Gasteiger charge is 2.00. The molecule has 0 aliphatic carbocycles. The molecule has 70 valence electrons. The first-order valence-corrected chi connectivity index (χ1v) is 4.05. The van der Waals surface area contributed by atoms with Gasteiger partial charge in [0.05, 0.1) is 6.20 Å². The van der Waals surface area contributed by atoms with E-state index in [1.807, 2.05) is 0 Å². The molecule has 0 bridgehead atoms. The van der Waals surface area contributed by atoms with Crippen molar-refractivity contribution in [2.75, 3.05) is 11.9 Å². The van der Waals surface area contributed by atoms with Crippen LogP contribution in [-0.4, -0.2) is 22.4 Å².